The van der Waals surface area contributed by atoms with Crippen molar-refractivity contribution in [1.82, 2.24) is 4.98 Å². The highest BCUT2D eigenvalue weighted by Gasteiger charge is 2.33. The third-order valence-corrected chi connectivity index (χ3v) is 2.46. The number of anilines is 1. The second-order valence-electron chi connectivity index (χ2n) is 2.85. The highest BCUT2D eigenvalue weighted by atomic mass is 79.9. The van der Waals surface area contributed by atoms with Crippen LogP contribution in [0.5, 0.6) is 0 Å². The molecule has 1 heterocycles. The van der Waals surface area contributed by atoms with Gasteiger partial charge in [-0.25, -0.2) is 0 Å². The fraction of sp³-hybridized carbons (Fsp3) is 0.125. The van der Waals surface area contributed by atoms with Crippen molar-refractivity contribution < 1.29 is 17.6 Å². The fourth-order valence-corrected chi connectivity index (χ4v) is 1.74. The van der Waals surface area contributed by atoms with Crippen molar-refractivity contribution in [3.63, 3.8) is 0 Å². The lowest BCUT2D eigenvalue weighted by atomic mass is 10.2. The number of nitrogens with zero attached hydrogens (tertiary/aromatic N) is 1. The summed E-state index contributed by atoms with van der Waals surface area (Å²) in [6, 6.07) is 1.93. The Labute approximate surface area is 90.2 Å². The Morgan fingerprint density at radius 1 is 1.33 bits per heavy atom. The van der Waals surface area contributed by atoms with Crippen molar-refractivity contribution in [3.05, 3.63) is 22.2 Å². The van der Waals surface area contributed by atoms with Gasteiger partial charge >= 0.3 is 6.18 Å². The molecule has 0 atom stereocenters. The quantitative estimate of drug-likeness (QED) is 0.806. The maximum atomic E-state index is 12.5. The van der Waals surface area contributed by atoms with Gasteiger partial charge < -0.3 is 10.2 Å². The molecular weight excluding hydrogens is 277 g/mol. The van der Waals surface area contributed by atoms with Crippen LogP contribution in [0.3, 0.4) is 0 Å². The molecule has 1 aromatic heterocycles. The summed E-state index contributed by atoms with van der Waals surface area (Å²) in [5, 5.41) is 0. The first-order chi connectivity index (χ1) is 6.88. The number of fused-ring (bicyclic) bond motifs is 1. The molecule has 2 rings (SSSR count). The number of alkyl halides is 3. The first-order valence-electron chi connectivity index (χ1n) is 3.80. The van der Waals surface area contributed by atoms with E-state index >= 15 is 0 Å². The molecule has 0 radical (unpaired) electrons. The molecule has 15 heavy (non-hydrogen) atoms. The monoisotopic (exact) mass is 280 g/mol. The van der Waals surface area contributed by atoms with Crippen LogP contribution in [0.1, 0.15) is 5.56 Å². The summed E-state index contributed by atoms with van der Waals surface area (Å²) >= 11 is 2.82. The Morgan fingerprint density at radius 3 is 2.60 bits per heavy atom. The lowest BCUT2D eigenvalue weighted by Gasteiger charge is -2.07. The maximum absolute atomic E-state index is 12.5. The number of nitrogen functional groups attached to an aromatic ring is 1. The summed E-state index contributed by atoms with van der Waals surface area (Å²) in [5.74, 6) is 0. The molecule has 0 aliphatic carbocycles. The SMILES string of the molecule is Nc1nc2cc(Br)c(C(F)(F)F)cc2o1. The topological polar surface area (TPSA) is 52.0 Å². The second-order valence-corrected chi connectivity index (χ2v) is 3.70. The minimum absolute atomic E-state index is 0.0167. The van der Waals surface area contributed by atoms with Crippen molar-refractivity contribution in [2.24, 2.45) is 0 Å². The Bertz CT molecular complexity index is 520. The van der Waals surface area contributed by atoms with Gasteiger partial charge in [0.25, 0.3) is 6.01 Å². The maximum Gasteiger partial charge on any atom is 0.417 e. The van der Waals surface area contributed by atoms with Crippen LogP contribution in [0.15, 0.2) is 21.0 Å². The van der Waals surface area contributed by atoms with Crippen molar-refractivity contribution in [2.45, 2.75) is 6.18 Å². The summed E-state index contributed by atoms with van der Waals surface area (Å²) in [6.45, 7) is 0. The molecule has 0 unspecified atom stereocenters. The summed E-state index contributed by atoms with van der Waals surface area (Å²) < 4.78 is 42.1. The van der Waals surface area contributed by atoms with Crippen molar-refractivity contribution in [2.75, 3.05) is 5.73 Å². The van der Waals surface area contributed by atoms with Crippen LogP contribution in [-0.2, 0) is 6.18 Å². The van der Waals surface area contributed by atoms with E-state index in [2.05, 4.69) is 20.9 Å². The number of rotatable bonds is 0. The van der Waals surface area contributed by atoms with Crippen LogP contribution in [0, 0.1) is 0 Å². The highest BCUT2D eigenvalue weighted by Crippen LogP contribution is 2.37. The van der Waals surface area contributed by atoms with Gasteiger partial charge in [-0.1, -0.05) is 15.9 Å². The van der Waals surface area contributed by atoms with Gasteiger partial charge in [-0.05, 0) is 12.1 Å². The molecule has 80 valence electrons. The molecule has 0 aliphatic rings. The van der Waals surface area contributed by atoms with Crippen LogP contribution < -0.4 is 5.73 Å². The van der Waals surface area contributed by atoms with E-state index in [0.29, 0.717) is 0 Å². The van der Waals surface area contributed by atoms with E-state index in [-0.39, 0.29) is 21.6 Å². The number of halogens is 4. The van der Waals surface area contributed by atoms with Gasteiger partial charge in [0.1, 0.15) is 5.52 Å². The normalized spacial score (nSPS) is 12.3. The zero-order valence-electron chi connectivity index (χ0n) is 7.10. The van der Waals surface area contributed by atoms with Crippen molar-refractivity contribution in [1.29, 1.82) is 0 Å². The first-order valence-corrected chi connectivity index (χ1v) is 4.60. The van der Waals surface area contributed by atoms with E-state index in [0.717, 1.165) is 6.07 Å². The Hall–Kier alpha value is -1.24. The minimum atomic E-state index is -4.44. The van der Waals surface area contributed by atoms with Gasteiger partial charge in [0.2, 0.25) is 0 Å². The Kier molecular flexibility index (Phi) is 2.14. The molecule has 0 saturated heterocycles. The summed E-state index contributed by atoms with van der Waals surface area (Å²) in [4.78, 5) is 3.71. The van der Waals surface area contributed by atoms with E-state index in [9.17, 15) is 13.2 Å². The fourth-order valence-electron chi connectivity index (χ4n) is 1.18. The zero-order valence-corrected chi connectivity index (χ0v) is 8.69. The van der Waals surface area contributed by atoms with Crippen LogP contribution in [0.4, 0.5) is 19.2 Å². The van der Waals surface area contributed by atoms with Crippen molar-refractivity contribution in [3.8, 4) is 0 Å². The average Bonchev–Trinajstić information content (AvgIpc) is 2.40. The van der Waals surface area contributed by atoms with Crippen LogP contribution in [0.2, 0.25) is 0 Å². The number of benzene rings is 1. The molecule has 0 amide bonds. The van der Waals surface area contributed by atoms with Crippen LogP contribution in [0.25, 0.3) is 11.1 Å². The van der Waals surface area contributed by atoms with E-state index in [1.54, 1.807) is 0 Å². The molecule has 3 nitrogen and oxygen atoms in total. The van der Waals surface area contributed by atoms with Crippen molar-refractivity contribution >= 4 is 33.0 Å². The number of hydrogen-bond donors (Lipinski definition) is 1. The van der Waals surface area contributed by atoms with E-state index in [1.807, 2.05) is 0 Å². The smallest absolute Gasteiger partial charge is 0.417 e. The molecule has 7 heteroatoms. The molecule has 0 bridgehead atoms. The summed E-state index contributed by atoms with van der Waals surface area (Å²) in [7, 11) is 0. The molecular formula is C8H4BrF3N2O. The molecule has 0 spiro atoms. The number of nitrogens with two attached hydrogens (primary N) is 1. The summed E-state index contributed by atoms with van der Waals surface area (Å²) in [5.41, 5.74) is 4.71. The highest BCUT2D eigenvalue weighted by molar-refractivity contribution is 9.10. The van der Waals surface area contributed by atoms with Crippen LogP contribution in [-0.4, -0.2) is 4.98 Å². The van der Waals surface area contributed by atoms with Gasteiger partial charge in [-0.2, -0.15) is 18.2 Å². The summed E-state index contributed by atoms with van der Waals surface area (Å²) in [6.07, 6.45) is -4.44. The van der Waals surface area contributed by atoms with E-state index < -0.39 is 11.7 Å². The lowest BCUT2D eigenvalue weighted by molar-refractivity contribution is -0.138. The van der Waals surface area contributed by atoms with Gasteiger partial charge in [0, 0.05) is 4.47 Å². The molecule has 2 N–H and O–H groups in total. The van der Waals surface area contributed by atoms with Gasteiger partial charge in [-0.15, -0.1) is 0 Å². The third-order valence-electron chi connectivity index (χ3n) is 1.80. The number of hydrogen-bond acceptors (Lipinski definition) is 3. The molecule has 0 fully saturated rings. The van der Waals surface area contributed by atoms with E-state index in [4.69, 9.17) is 10.2 Å². The van der Waals surface area contributed by atoms with Gasteiger partial charge in [0.05, 0.1) is 5.56 Å². The van der Waals surface area contributed by atoms with E-state index in [1.165, 1.54) is 6.07 Å². The standard InChI is InChI=1S/C8H4BrF3N2O/c9-4-2-5-6(15-7(13)14-5)1-3(4)8(10,11)12/h1-2H,(H2,13,14). The molecule has 2 aromatic rings. The third kappa shape index (κ3) is 1.79. The zero-order chi connectivity index (χ0) is 11.2. The number of oxazole rings is 1. The average molecular weight is 281 g/mol. The first kappa shape index (κ1) is 10.3. The largest absolute Gasteiger partial charge is 0.424 e. The van der Waals surface area contributed by atoms with Gasteiger partial charge in [0.15, 0.2) is 5.58 Å². The number of aromatic nitrogens is 1. The second kappa shape index (κ2) is 3.13. The van der Waals surface area contributed by atoms with Gasteiger partial charge in [-0.3, -0.25) is 0 Å². The molecule has 0 aliphatic heterocycles. The predicted octanol–water partition coefficient (Wildman–Crippen LogP) is 3.19. The lowest BCUT2D eigenvalue weighted by Crippen LogP contribution is -2.05. The predicted molar refractivity (Wildman–Crippen MR) is 51.1 cm³/mol. The molecule has 0 saturated carbocycles. The molecule has 1 aromatic carbocycles. The van der Waals surface area contributed by atoms with Crippen LogP contribution >= 0.6 is 15.9 Å². The minimum Gasteiger partial charge on any atom is -0.424 e. The Morgan fingerprint density at radius 2 is 2.00 bits per heavy atom. The Balaban J connectivity index is 2.72.